The molecular weight excluding hydrogens is 358 g/mol. The van der Waals surface area contributed by atoms with Crippen LogP contribution in [0.3, 0.4) is 0 Å². The van der Waals surface area contributed by atoms with E-state index >= 15 is 0 Å². The molecule has 1 aliphatic heterocycles. The molecule has 0 spiro atoms. The minimum absolute atomic E-state index is 0.0665. The van der Waals surface area contributed by atoms with Crippen LogP contribution in [0.25, 0.3) is 11.3 Å². The molecule has 1 N–H and O–H groups in total. The number of urea groups is 1. The Bertz CT molecular complexity index is 904. The van der Waals surface area contributed by atoms with Crippen molar-refractivity contribution in [3.63, 3.8) is 0 Å². The molecule has 1 aliphatic rings. The van der Waals surface area contributed by atoms with Crippen molar-refractivity contribution >= 4 is 23.6 Å². The second kappa shape index (κ2) is 7.28. The lowest BCUT2D eigenvalue weighted by atomic mass is 10.1. The third-order valence-corrected chi connectivity index (χ3v) is 3.92. The van der Waals surface area contributed by atoms with Crippen LogP contribution in [-0.4, -0.2) is 46.9 Å². The maximum absolute atomic E-state index is 12.2. The Morgan fingerprint density at radius 1 is 1.26 bits per heavy atom. The molecule has 1 fully saturated rings. The summed E-state index contributed by atoms with van der Waals surface area (Å²) in [5, 5.41) is 13.2. The van der Waals surface area contributed by atoms with Crippen molar-refractivity contribution in [1.29, 1.82) is 0 Å². The third-order valence-electron chi connectivity index (χ3n) is 3.92. The highest BCUT2D eigenvalue weighted by Crippen LogP contribution is 2.25. The predicted molar refractivity (Wildman–Crippen MR) is 90.8 cm³/mol. The van der Waals surface area contributed by atoms with Gasteiger partial charge in [0.15, 0.2) is 6.10 Å². The first-order valence-electron chi connectivity index (χ1n) is 8.01. The van der Waals surface area contributed by atoms with Gasteiger partial charge >= 0.3 is 12.0 Å². The van der Waals surface area contributed by atoms with Crippen molar-refractivity contribution in [1.82, 2.24) is 10.2 Å². The van der Waals surface area contributed by atoms with Crippen LogP contribution in [0.5, 0.6) is 0 Å². The fraction of sp³-hybridized carbons (Fsp3) is 0.235. The number of benzene rings is 1. The molecule has 1 aromatic heterocycles. The molecule has 0 radical (unpaired) electrons. The van der Waals surface area contributed by atoms with E-state index in [4.69, 9.17) is 9.15 Å². The average molecular weight is 373 g/mol. The summed E-state index contributed by atoms with van der Waals surface area (Å²) in [7, 11) is 0. The van der Waals surface area contributed by atoms with E-state index in [0.29, 0.717) is 17.9 Å². The number of carbonyl (C=O) groups excluding carboxylic acids is 3. The Kier molecular flexibility index (Phi) is 4.88. The normalized spacial score (nSPS) is 14.6. The Hall–Kier alpha value is -3.69. The molecule has 140 valence electrons. The van der Waals surface area contributed by atoms with Crippen LogP contribution >= 0.6 is 0 Å². The average Bonchev–Trinajstić information content (AvgIpc) is 3.30. The number of imide groups is 1. The van der Waals surface area contributed by atoms with Crippen LogP contribution in [0.15, 0.2) is 40.8 Å². The molecule has 0 saturated carbocycles. The van der Waals surface area contributed by atoms with E-state index in [1.807, 2.05) is 0 Å². The van der Waals surface area contributed by atoms with Gasteiger partial charge in [-0.05, 0) is 31.2 Å². The molecule has 3 rings (SSSR count). The zero-order valence-corrected chi connectivity index (χ0v) is 14.2. The number of nitro groups is 1. The van der Waals surface area contributed by atoms with Crippen molar-refractivity contribution in [3.05, 3.63) is 52.3 Å². The summed E-state index contributed by atoms with van der Waals surface area (Å²) in [6.45, 7) is 1.93. The maximum Gasteiger partial charge on any atom is 0.375 e. The van der Waals surface area contributed by atoms with Crippen molar-refractivity contribution < 1.29 is 28.5 Å². The molecular formula is C17H15N3O7. The number of nitrogens with one attached hydrogen (secondary N) is 1. The largest absolute Gasteiger partial charge is 0.449 e. The highest BCUT2D eigenvalue weighted by Gasteiger charge is 2.32. The number of esters is 1. The summed E-state index contributed by atoms with van der Waals surface area (Å²) in [4.78, 5) is 46.9. The number of ether oxygens (including phenoxy) is 1. The van der Waals surface area contributed by atoms with Crippen molar-refractivity contribution in [2.24, 2.45) is 0 Å². The van der Waals surface area contributed by atoms with Gasteiger partial charge in [0.1, 0.15) is 5.76 Å². The van der Waals surface area contributed by atoms with E-state index in [1.54, 1.807) is 0 Å². The molecule has 27 heavy (non-hydrogen) atoms. The summed E-state index contributed by atoms with van der Waals surface area (Å²) < 4.78 is 10.5. The first-order chi connectivity index (χ1) is 12.9. The Morgan fingerprint density at radius 3 is 2.56 bits per heavy atom. The first-order valence-corrected chi connectivity index (χ1v) is 8.01. The molecule has 0 unspecified atom stereocenters. The van der Waals surface area contributed by atoms with Crippen molar-refractivity contribution in [2.45, 2.75) is 13.0 Å². The number of non-ortho nitro benzene ring substituents is 1. The third kappa shape index (κ3) is 3.78. The van der Waals surface area contributed by atoms with Gasteiger partial charge in [0, 0.05) is 30.8 Å². The number of amides is 3. The van der Waals surface area contributed by atoms with Crippen LogP contribution in [0, 0.1) is 10.1 Å². The summed E-state index contributed by atoms with van der Waals surface area (Å²) in [6, 6.07) is 7.97. The van der Waals surface area contributed by atoms with Gasteiger partial charge in [0.2, 0.25) is 5.76 Å². The van der Waals surface area contributed by atoms with E-state index in [1.165, 1.54) is 43.3 Å². The summed E-state index contributed by atoms with van der Waals surface area (Å²) in [6.07, 6.45) is -1.16. The highest BCUT2D eigenvalue weighted by atomic mass is 16.6. The Labute approximate surface area is 152 Å². The lowest BCUT2D eigenvalue weighted by Gasteiger charge is -2.17. The summed E-state index contributed by atoms with van der Waals surface area (Å²) in [5.41, 5.74) is 0.473. The van der Waals surface area contributed by atoms with E-state index in [2.05, 4.69) is 5.32 Å². The summed E-state index contributed by atoms with van der Waals surface area (Å²) >= 11 is 0. The monoisotopic (exact) mass is 373 g/mol. The standard InChI is InChI=1S/C17H15N3O7/c1-10(15(21)19-9-8-18-17(19)23)26-16(22)14-7-6-13(27-14)11-2-4-12(5-3-11)20(24)25/h2-7,10H,8-9H2,1H3,(H,18,23)/t10-/m1/s1. The number of carbonyl (C=O) groups is 3. The van der Waals surface area contributed by atoms with Crippen LogP contribution in [0.2, 0.25) is 0 Å². The van der Waals surface area contributed by atoms with Crippen molar-refractivity contribution in [2.75, 3.05) is 13.1 Å². The number of furan rings is 1. The molecule has 2 heterocycles. The minimum Gasteiger partial charge on any atom is -0.449 e. The SMILES string of the molecule is C[C@@H](OC(=O)c1ccc(-c2ccc([N+](=O)[O-])cc2)o1)C(=O)N1CCNC1=O. The van der Waals surface area contributed by atoms with Crippen LogP contribution in [-0.2, 0) is 9.53 Å². The van der Waals surface area contributed by atoms with Gasteiger partial charge in [-0.2, -0.15) is 0 Å². The molecule has 0 bridgehead atoms. The van der Waals surface area contributed by atoms with E-state index in [9.17, 15) is 24.5 Å². The lowest BCUT2D eigenvalue weighted by molar-refractivity contribution is -0.384. The molecule has 10 heteroatoms. The molecule has 2 aromatic rings. The number of rotatable bonds is 5. The highest BCUT2D eigenvalue weighted by molar-refractivity contribution is 5.99. The zero-order valence-electron chi connectivity index (χ0n) is 14.2. The number of nitro benzene ring substituents is 1. The molecule has 1 aromatic carbocycles. The Balaban J connectivity index is 1.66. The maximum atomic E-state index is 12.2. The van der Waals surface area contributed by atoms with E-state index in [-0.39, 0.29) is 18.0 Å². The van der Waals surface area contributed by atoms with Gasteiger partial charge < -0.3 is 14.5 Å². The second-order valence-electron chi connectivity index (χ2n) is 5.74. The predicted octanol–water partition coefficient (Wildman–Crippen LogP) is 1.95. The van der Waals surface area contributed by atoms with E-state index in [0.717, 1.165) is 4.90 Å². The second-order valence-corrected chi connectivity index (χ2v) is 5.74. The fourth-order valence-electron chi connectivity index (χ4n) is 2.52. The number of hydrogen-bond acceptors (Lipinski definition) is 7. The van der Waals surface area contributed by atoms with Gasteiger partial charge in [-0.25, -0.2) is 9.59 Å². The van der Waals surface area contributed by atoms with Gasteiger partial charge in [0.05, 0.1) is 4.92 Å². The molecule has 3 amide bonds. The first kappa shape index (κ1) is 18.1. The molecule has 1 atom stereocenters. The number of nitrogens with zero attached hydrogens (tertiary/aromatic N) is 2. The van der Waals surface area contributed by atoms with E-state index < -0.39 is 28.9 Å². The molecule has 1 saturated heterocycles. The van der Waals surface area contributed by atoms with Gasteiger partial charge in [-0.15, -0.1) is 0 Å². The fourth-order valence-corrected chi connectivity index (χ4v) is 2.52. The van der Waals surface area contributed by atoms with Crippen LogP contribution in [0.4, 0.5) is 10.5 Å². The van der Waals surface area contributed by atoms with Gasteiger partial charge in [0.25, 0.3) is 11.6 Å². The summed E-state index contributed by atoms with van der Waals surface area (Å²) in [5.74, 6) is -1.30. The van der Waals surface area contributed by atoms with Gasteiger partial charge in [-0.1, -0.05) is 0 Å². The quantitative estimate of drug-likeness (QED) is 0.481. The Morgan fingerprint density at radius 2 is 1.96 bits per heavy atom. The topological polar surface area (TPSA) is 132 Å². The zero-order chi connectivity index (χ0) is 19.6. The molecule has 0 aliphatic carbocycles. The van der Waals surface area contributed by atoms with Crippen molar-refractivity contribution in [3.8, 4) is 11.3 Å². The smallest absolute Gasteiger partial charge is 0.375 e. The molecule has 10 nitrogen and oxygen atoms in total. The lowest BCUT2D eigenvalue weighted by Crippen LogP contribution is -2.41. The minimum atomic E-state index is -1.16. The number of hydrogen-bond donors (Lipinski definition) is 1. The van der Waals surface area contributed by atoms with Crippen LogP contribution in [0.1, 0.15) is 17.5 Å². The van der Waals surface area contributed by atoms with Crippen LogP contribution < -0.4 is 5.32 Å². The van der Waals surface area contributed by atoms with Gasteiger partial charge in [-0.3, -0.25) is 19.8 Å².